The number of esters is 1. The Morgan fingerprint density at radius 2 is 1.96 bits per heavy atom. The van der Waals surface area contributed by atoms with Crippen molar-refractivity contribution in [1.29, 1.82) is 0 Å². The predicted molar refractivity (Wildman–Crippen MR) is 91.0 cm³/mol. The van der Waals surface area contributed by atoms with Crippen LogP contribution in [0, 0.1) is 0 Å². The van der Waals surface area contributed by atoms with Crippen LogP contribution in [0.25, 0.3) is 17.0 Å². The smallest absolute Gasteiger partial charge is 0.328 e. The van der Waals surface area contributed by atoms with E-state index in [-0.39, 0.29) is 12.5 Å². The highest BCUT2D eigenvalue weighted by molar-refractivity contribution is 5.90. The molecule has 0 aliphatic heterocycles. The molecule has 0 aliphatic carbocycles. The Hall–Kier alpha value is -2.76. The first kappa shape index (κ1) is 17.6. The van der Waals surface area contributed by atoms with Gasteiger partial charge in [0.1, 0.15) is 17.9 Å². The molecule has 0 saturated carbocycles. The van der Waals surface area contributed by atoms with Gasteiger partial charge in [0, 0.05) is 22.7 Å². The van der Waals surface area contributed by atoms with Crippen molar-refractivity contribution in [3.8, 4) is 5.75 Å². The van der Waals surface area contributed by atoms with E-state index in [1.54, 1.807) is 38.5 Å². The molecule has 0 spiro atoms. The van der Waals surface area contributed by atoms with Crippen LogP contribution in [0.2, 0.25) is 0 Å². The highest BCUT2D eigenvalue weighted by Gasteiger charge is 2.18. The van der Waals surface area contributed by atoms with Gasteiger partial charge in [0.25, 0.3) is 0 Å². The molecule has 24 heavy (non-hydrogen) atoms. The third-order valence-electron chi connectivity index (χ3n) is 3.24. The molecule has 128 valence electrons. The molecule has 1 heterocycles. The van der Waals surface area contributed by atoms with Crippen LogP contribution in [0.3, 0.4) is 0 Å². The fourth-order valence-electron chi connectivity index (χ4n) is 2.37. The van der Waals surface area contributed by atoms with Crippen LogP contribution in [0.5, 0.6) is 5.75 Å². The summed E-state index contributed by atoms with van der Waals surface area (Å²) in [5.41, 5.74) is 0.818. The third-order valence-corrected chi connectivity index (χ3v) is 3.24. The van der Waals surface area contributed by atoms with E-state index < -0.39 is 11.6 Å². The number of carbonyl (C=O) groups is 2. The minimum Gasteiger partial charge on any atom is -0.497 e. The number of methoxy groups -OCH3 is 1. The van der Waals surface area contributed by atoms with Gasteiger partial charge < -0.3 is 19.1 Å². The lowest BCUT2D eigenvalue weighted by Crippen LogP contribution is -2.26. The molecular weight excluding hydrogens is 310 g/mol. The van der Waals surface area contributed by atoms with Gasteiger partial charge in [-0.15, -0.1) is 0 Å². The van der Waals surface area contributed by atoms with Gasteiger partial charge in [-0.1, -0.05) is 0 Å². The number of rotatable bonds is 5. The first-order valence-electron chi connectivity index (χ1n) is 7.50. The lowest BCUT2D eigenvalue weighted by molar-refractivity contribution is -0.155. The number of carbonyl (C=O) groups excluding carboxylic acids is 1. The average molecular weight is 331 g/mol. The molecule has 1 aromatic carbocycles. The Balaban J connectivity index is 2.45. The number of carboxylic acids is 1. The summed E-state index contributed by atoms with van der Waals surface area (Å²) in [5, 5.41) is 9.70. The first-order valence-corrected chi connectivity index (χ1v) is 7.50. The Morgan fingerprint density at radius 3 is 2.54 bits per heavy atom. The fraction of sp³-hybridized carbons (Fsp3) is 0.333. The van der Waals surface area contributed by atoms with E-state index in [9.17, 15) is 9.59 Å². The van der Waals surface area contributed by atoms with Crippen LogP contribution in [-0.2, 0) is 20.9 Å². The second-order valence-corrected chi connectivity index (χ2v) is 6.34. The van der Waals surface area contributed by atoms with Crippen LogP contribution in [0.15, 0.2) is 30.3 Å². The molecule has 2 aromatic rings. The number of hydrogen-bond donors (Lipinski definition) is 1. The SMILES string of the molecule is COc1ccc2c(c1)cc(/C=C/C(=O)O)n2CC(=O)OC(C)(C)C. The van der Waals surface area contributed by atoms with Gasteiger partial charge >= 0.3 is 11.9 Å². The summed E-state index contributed by atoms with van der Waals surface area (Å²) in [5.74, 6) is -0.756. The van der Waals surface area contributed by atoms with E-state index in [1.807, 2.05) is 18.2 Å². The van der Waals surface area contributed by atoms with E-state index >= 15 is 0 Å². The monoisotopic (exact) mass is 331 g/mol. The van der Waals surface area contributed by atoms with Gasteiger partial charge in [0.15, 0.2) is 0 Å². The zero-order valence-electron chi connectivity index (χ0n) is 14.2. The summed E-state index contributed by atoms with van der Waals surface area (Å²) in [6, 6.07) is 7.26. The molecule has 2 rings (SSSR count). The van der Waals surface area contributed by atoms with Gasteiger partial charge in [-0.3, -0.25) is 4.79 Å². The zero-order chi connectivity index (χ0) is 17.9. The van der Waals surface area contributed by atoms with Gasteiger partial charge in [0.2, 0.25) is 0 Å². The van der Waals surface area contributed by atoms with E-state index in [4.69, 9.17) is 14.6 Å². The highest BCUT2D eigenvalue weighted by atomic mass is 16.6. The number of fused-ring (bicyclic) bond motifs is 1. The van der Waals surface area contributed by atoms with Crippen molar-refractivity contribution in [3.63, 3.8) is 0 Å². The number of ether oxygens (including phenoxy) is 2. The standard InChI is InChI=1S/C18H21NO5/c1-18(2,3)24-17(22)11-19-13(5-8-16(20)21)9-12-10-14(23-4)6-7-15(12)19/h5-10H,11H2,1-4H3,(H,20,21)/b8-5+. The Kier molecular flexibility index (Phi) is 4.97. The molecule has 0 amide bonds. The zero-order valence-corrected chi connectivity index (χ0v) is 14.2. The summed E-state index contributed by atoms with van der Waals surface area (Å²) in [6.45, 7) is 5.39. The highest BCUT2D eigenvalue weighted by Crippen LogP contribution is 2.26. The van der Waals surface area contributed by atoms with E-state index in [0.29, 0.717) is 11.4 Å². The first-order chi connectivity index (χ1) is 11.2. The Morgan fingerprint density at radius 1 is 1.25 bits per heavy atom. The number of aliphatic carboxylic acids is 1. The lowest BCUT2D eigenvalue weighted by atomic mass is 10.2. The van der Waals surface area contributed by atoms with E-state index in [2.05, 4.69) is 0 Å². The lowest BCUT2D eigenvalue weighted by Gasteiger charge is -2.20. The van der Waals surface area contributed by atoms with Gasteiger partial charge in [-0.25, -0.2) is 4.79 Å². The quantitative estimate of drug-likeness (QED) is 0.673. The van der Waals surface area contributed by atoms with Gasteiger partial charge in [0.05, 0.1) is 7.11 Å². The van der Waals surface area contributed by atoms with Crippen molar-refractivity contribution in [3.05, 3.63) is 36.0 Å². The molecule has 1 aromatic heterocycles. The number of nitrogens with zero attached hydrogens (tertiary/aromatic N) is 1. The van der Waals surface area contributed by atoms with Crippen molar-refractivity contribution in [2.24, 2.45) is 0 Å². The number of benzene rings is 1. The maximum absolute atomic E-state index is 12.2. The number of hydrogen-bond acceptors (Lipinski definition) is 4. The summed E-state index contributed by atoms with van der Waals surface area (Å²) in [4.78, 5) is 23.0. The molecule has 0 fully saturated rings. The van der Waals surface area contributed by atoms with Crippen molar-refractivity contribution >= 4 is 28.9 Å². The molecule has 0 radical (unpaired) electrons. The van der Waals surface area contributed by atoms with Crippen LogP contribution in [0.1, 0.15) is 26.5 Å². The van der Waals surface area contributed by atoms with Crippen molar-refractivity contribution in [2.75, 3.05) is 7.11 Å². The predicted octanol–water partition coefficient (Wildman–Crippen LogP) is 3.09. The minimum atomic E-state index is -1.05. The van der Waals surface area contributed by atoms with E-state index in [1.165, 1.54) is 6.08 Å². The molecule has 0 atom stereocenters. The van der Waals surface area contributed by atoms with Crippen molar-refractivity contribution < 1.29 is 24.2 Å². The second-order valence-electron chi connectivity index (χ2n) is 6.34. The molecule has 0 aliphatic rings. The summed E-state index contributed by atoms with van der Waals surface area (Å²) in [6.07, 6.45) is 2.50. The van der Waals surface area contributed by atoms with Gasteiger partial charge in [-0.05, 0) is 51.1 Å². The molecular formula is C18H21NO5. The molecule has 0 bridgehead atoms. The summed E-state index contributed by atoms with van der Waals surface area (Å²) < 4.78 is 12.3. The maximum atomic E-state index is 12.2. The molecule has 1 N–H and O–H groups in total. The van der Waals surface area contributed by atoms with E-state index in [0.717, 1.165) is 17.0 Å². The molecule has 6 heteroatoms. The molecule has 0 unspecified atom stereocenters. The van der Waals surface area contributed by atoms with Crippen LogP contribution in [-0.4, -0.2) is 34.3 Å². The fourth-order valence-corrected chi connectivity index (χ4v) is 2.37. The number of aromatic nitrogens is 1. The number of carboxylic acid groups (broad SMARTS) is 1. The second kappa shape index (κ2) is 6.78. The summed E-state index contributed by atoms with van der Waals surface area (Å²) >= 11 is 0. The Bertz CT molecular complexity index is 796. The normalized spacial score (nSPS) is 11.8. The van der Waals surface area contributed by atoms with Gasteiger partial charge in [-0.2, -0.15) is 0 Å². The minimum absolute atomic E-state index is 0.00755. The average Bonchev–Trinajstić information content (AvgIpc) is 2.80. The summed E-state index contributed by atoms with van der Waals surface area (Å²) in [7, 11) is 1.57. The third kappa shape index (κ3) is 4.38. The molecule has 6 nitrogen and oxygen atoms in total. The van der Waals surface area contributed by atoms with Crippen LogP contribution < -0.4 is 4.74 Å². The van der Waals surface area contributed by atoms with Crippen LogP contribution in [0.4, 0.5) is 0 Å². The molecule has 0 saturated heterocycles. The largest absolute Gasteiger partial charge is 0.497 e. The van der Waals surface area contributed by atoms with Crippen molar-refractivity contribution in [2.45, 2.75) is 32.9 Å². The Labute approximate surface area is 140 Å². The van der Waals surface area contributed by atoms with Crippen molar-refractivity contribution in [1.82, 2.24) is 4.57 Å². The maximum Gasteiger partial charge on any atom is 0.328 e. The topological polar surface area (TPSA) is 77.8 Å². The van der Waals surface area contributed by atoms with Crippen LogP contribution >= 0.6 is 0 Å².